The number of fused-ring (bicyclic) bond motifs is 5. The Morgan fingerprint density at radius 1 is 1.00 bits per heavy atom. The molecule has 0 saturated heterocycles. The quantitative estimate of drug-likeness (QED) is 0.345. The maximum absolute atomic E-state index is 13.9. The van der Waals surface area contributed by atoms with Crippen LogP contribution in [0.15, 0.2) is 69.9 Å². The highest BCUT2D eigenvalue weighted by atomic mass is 16.1. The summed E-state index contributed by atoms with van der Waals surface area (Å²) in [5.74, 6) is 0.551. The van der Waals surface area contributed by atoms with Crippen molar-refractivity contribution in [2.75, 3.05) is 0 Å². The third-order valence-corrected chi connectivity index (χ3v) is 8.90. The van der Waals surface area contributed by atoms with E-state index >= 15 is 0 Å². The minimum Gasteiger partial charge on any atom is -0.294 e. The van der Waals surface area contributed by atoms with Gasteiger partial charge in [0.2, 0.25) is 0 Å². The van der Waals surface area contributed by atoms with Crippen molar-refractivity contribution < 1.29 is 9.59 Å². The lowest BCUT2D eigenvalue weighted by Gasteiger charge is -2.41. The molecule has 0 heterocycles. The number of rotatable bonds is 8. The van der Waals surface area contributed by atoms with E-state index in [1.165, 1.54) is 22.3 Å². The fourth-order valence-electron chi connectivity index (χ4n) is 6.73. The van der Waals surface area contributed by atoms with Crippen molar-refractivity contribution in [2.45, 2.75) is 86.5 Å². The molecule has 2 nitrogen and oxygen atoms in total. The van der Waals surface area contributed by atoms with Crippen LogP contribution in [0.1, 0.15) is 86.5 Å². The molecule has 0 aromatic heterocycles. The molecule has 34 heavy (non-hydrogen) atoms. The Morgan fingerprint density at radius 3 is 2.38 bits per heavy atom. The highest BCUT2D eigenvalue weighted by Gasteiger charge is 2.62. The first kappa shape index (κ1) is 24.9. The van der Waals surface area contributed by atoms with E-state index in [1.54, 1.807) is 0 Å². The molecule has 4 rings (SSSR count). The second-order valence-corrected chi connectivity index (χ2v) is 11.6. The van der Waals surface area contributed by atoms with E-state index < -0.39 is 0 Å². The van der Waals surface area contributed by atoms with Crippen molar-refractivity contribution in [3.63, 3.8) is 0 Å². The Hall–Kier alpha value is -2.22. The highest BCUT2D eigenvalue weighted by Crippen LogP contribution is 2.62. The normalized spacial score (nSPS) is 32.7. The molecule has 2 bridgehead atoms. The molecule has 0 radical (unpaired) electrons. The number of Topliss-reactive ketones (excluding diaryl/α,β-unsaturated/α-hetero) is 2. The van der Waals surface area contributed by atoms with Crippen LogP contribution in [0.3, 0.4) is 0 Å². The van der Waals surface area contributed by atoms with Gasteiger partial charge in [0.1, 0.15) is 0 Å². The van der Waals surface area contributed by atoms with Gasteiger partial charge in [-0.25, -0.2) is 0 Å². The molecule has 0 N–H and O–H groups in total. The minimum atomic E-state index is -0.174. The largest absolute Gasteiger partial charge is 0.294 e. The number of carbonyl (C=O) groups is 2. The maximum atomic E-state index is 13.9. The van der Waals surface area contributed by atoms with Crippen molar-refractivity contribution in [1.29, 1.82) is 0 Å². The lowest BCUT2D eigenvalue weighted by molar-refractivity contribution is -0.133. The second kappa shape index (κ2) is 9.80. The average molecular weight is 459 g/mol. The maximum Gasteiger partial charge on any atom is 0.164 e. The van der Waals surface area contributed by atoms with Crippen molar-refractivity contribution in [3.8, 4) is 0 Å². The van der Waals surface area contributed by atoms with Gasteiger partial charge in [-0.3, -0.25) is 9.59 Å². The molecular formula is C32H42O2. The van der Waals surface area contributed by atoms with Gasteiger partial charge in [-0.2, -0.15) is 0 Å². The summed E-state index contributed by atoms with van der Waals surface area (Å²) < 4.78 is 0. The average Bonchev–Trinajstić information content (AvgIpc) is 3.35. The van der Waals surface area contributed by atoms with Gasteiger partial charge >= 0.3 is 0 Å². The summed E-state index contributed by atoms with van der Waals surface area (Å²) in [5.41, 5.74) is 6.95. The molecule has 3 unspecified atom stereocenters. The molecule has 0 amide bonds. The predicted octanol–water partition coefficient (Wildman–Crippen LogP) is 8.04. The first-order valence-corrected chi connectivity index (χ1v) is 13.3. The van der Waals surface area contributed by atoms with Gasteiger partial charge < -0.3 is 0 Å². The summed E-state index contributed by atoms with van der Waals surface area (Å²) in [5, 5.41) is 0. The Balaban J connectivity index is 1.44. The van der Waals surface area contributed by atoms with Crippen LogP contribution < -0.4 is 0 Å². The van der Waals surface area contributed by atoms with Gasteiger partial charge in [0.15, 0.2) is 11.6 Å². The van der Waals surface area contributed by atoms with Crippen molar-refractivity contribution in [1.82, 2.24) is 0 Å². The molecular weight excluding hydrogens is 416 g/mol. The van der Waals surface area contributed by atoms with Gasteiger partial charge in [-0.1, -0.05) is 65.7 Å². The SMILES string of the molecule is CC(C)=CCCC(C)=CCCC(C)=CC[C@@]12C=C[C@@H](C1)C1C(=O)C3=C(C(=O)C12)C(C)C(C)=CC3. The van der Waals surface area contributed by atoms with Crippen LogP contribution in [0.5, 0.6) is 0 Å². The number of hydrogen-bond acceptors (Lipinski definition) is 2. The smallest absolute Gasteiger partial charge is 0.164 e. The molecule has 4 aliphatic rings. The Morgan fingerprint density at radius 2 is 1.68 bits per heavy atom. The number of carbonyl (C=O) groups excluding carboxylic acids is 2. The third-order valence-electron chi connectivity index (χ3n) is 8.90. The number of hydrogen-bond donors (Lipinski definition) is 0. The molecule has 0 aromatic carbocycles. The number of ketones is 2. The predicted molar refractivity (Wildman–Crippen MR) is 141 cm³/mol. The van der Waals surface area contributed by atoms with E-state index in [1.807, 2.05) is 0 Å². The van der Waals surface area contributed by atoms with Crippen LogP contribution in [0, 0.1) is 29.1 Å². The summed E-state index contributed by atoms with van der Waals surface area (Å²) in [6.45, 7) is 13.0. The zero-order valence-electron chi connectivity index (χ0n) is 22.0. The Kier molecular flexibility index (Phi) is 7.17. The van der Waals surface area contributed by atoms with Gasteiger partial charge in [0.05, 0.1) is 0 Å². The molecule has 2 heteroatoms. The van der Waals surface area contributed by atoms with Gasteiger partial charge in [-0.15, -0.1) is 0 Å². The van der Waals surface area contributed by atoms with E-state index in [0.717, 1.165) is 49.7 Å². The summed E-state index contributed by atoms with van der Waals surface area (Å²) in [7, 11) is 0. The topological polar surface area (TPSA) is 34.1 Å². The van der Waals surface area contributed by atoms with Crippen LogP contribution >= 0.6 is 0 Å². The van der Waals surface area contributed by atoms with Crippen LogP contribution in [-0.2, 0) is 9.59 Å². The van der Waals surface area contributed by atoms with Gasteiger partial charge in [0, 0.05) is 34.3 Å². The van der Waals surface area contributed by atoms with Crippen LogP contribution in [0.25, 0.3) is 0 Å². The Labute approximate surface area is 206 Å². The van der Waals surface area contributed by atoms with Gasteiger partial charge in [-0.05, 0) is 85.5 Å². The molecule has 1 fully saturated rings. The minimum absolute atomic E-state index is 0.0744. The van der Waals surface area contributed by atoms with Crippen molar-refractivity contribution >= 4 is 11.6 Å². The van der Waals surface area contributed by atoms with Crippen LogP contribution in [0.4, 0.5) is 0 Å². The molecule has 5 atom stereocenters. The zero-order valence-corrected chi connectivity index (χ0v) is 22.0. The lowest BCUT2D eigenvalue weighted by atomic mass is 9.60. The second-order valence-electron chi connectivity index (χ2n) is 11.6. The Bertz CT molecular complexity index is 1050. The molecule has 0 spiro atoms. The summed E-state index contributed by atoms with van der Waals surface area (Å²) in [6, 6.07) is 0. The first-order chi connectivity index (χ1) is 16.1. The summed E-state index contributed by atoms with van der Waals surface area (Å²) in [6.07, 6.45) is 20.6. The van der Waals surface area contributed by atoms with Crippen LogP contribution in [-0.4, -0.2) is 11.6 Å². The van der Waals surface area contributed by atoms with E-state index in [4.69, 9.17) is 0 Å². The molecule has 1 saturated carbocycles. The molecule has 4 aliphatic carbocycles. The standard InChI is InChI=1S/C32H42O2/c1-20(2)9-7-10-21(3)11-8-12-22(4)15-17-32-18-16-25(19-32)28-29(32)31(34)27-24(6)23(5)13-14-26(27)30(28)33/h9,11,13,15-16,18,24-25,28-29H,7-8,10,12,14,17,19H2,1-6H3/t24?,25-,28?,29?,32+/m0/s1. The van der Waals surface area contributed by atoms with Gasteiger partial charge in [0.25, 0.3) is 0 Å². The van der Waals surface area contributed by atoms with Crippen molar-refractivity contribution in [3.05, 3.63) is 69.9 Å². The first-order valence-electron chi connectivity index (χ1n) is 13.3. The zero-order chi connectivity index (χ0) is 24.6. The lowest BCUT2D eigenvalue weighted by Crippen LogP contribution is -2.45. The van der Waals surface area contributed by atoms with E-state index in [9.17, 15) is 9.59 Å². The van der Waals surface area contributed by atoms with E-state index in [0.29, 0.717) is 6.42 Å². The summed E-state index contributed by atoms with van der Waals surface area (Å²) >= 11 is 0. The van der Waals surface area contributed by atoms with Crippen molar-refractivity contribution in [2.24, 2.45) is 29.1 Å². The summed E-state index contributed by atoms with van der Waals surface area (Å²) in [4.78, 5) is 27.4. The number of allylic oxidation sites excluding steroid dienone is 12. The fourth-order valence-corrected chi connectivity index (χ4v) is 6.73. The molecule has 182 valence electrons. The monoisotopic (exact) mass is 458 g/mol. The van der Waals surface area contributed by atoms with Crippen LogP contribution in [0.2, 0.25) is 0 Å². The van der Waals surface area contributed by atoms with E-state index in [-0.39, 0.29) is 40.7 Å². The fraction of sp³-hybridized carbons (Fsp3) is 0.562. The highest BCUT2D eigenvalue weighted by molar-refractivity contribution is 6.16. The van der Waals surface area contributed by atoms with E-state index in [2.05, 4.69) is 78.0 Å². The third kappa shape index (κ3) is 4.53. The molecule has 0 aromatic rings. The molecule has 0 aliphatic heterocycles.